The minimum atomic E-state index is -0.347. The van der Waals surface area contributed by atoms with E-state index < -0.39 is 0 Å². The molecule has 3 aromatic heterocycles. The summed E-state index contributed by atoms with van der Waals surface area (Å²) in [6.07, 6.45) is 3.45. The summed E-state index contributed by atoms with van der Waals surface area (Å²) in [6.45, 7) is 0.127. The fraction of sp³-hybridized carbons (Fsp3) is 0.100. The second-order valence-electron chi connectivity index (χ2n) is 6.27. The predicted octanol–water partition coefficient (Wildman–Crippen LogP) is 2.08. The number of benzene rings is 1. The summed E-state index contributed by atoms with van der Waals surface area (Å²) < 4.78 is 14.3. The van der Waals surface area contributed by atoms with Gasteiger partial charge in [-0.1, -0.05) is 12.1 Å². The van der Waals surface area contributed by atoms with Crippen LogP contribution in [0.3, 0.4) is 0 Å². The Hall–Kier alpha value is -3.81. The third kappa shape index (κ3) is 3.80. The first-order chi connectivity index (χ1) is 13.6. The van der Waals surface area contributed by atoms with Gasteiger partial charge >= 0.3 is 0 Å². The monoisotopic (exact) mass is 377 g/mol. The van der Waals surface area contributed by atoms with E-state index in [1.54, 1.807) is 30.6 Å². The number of halogens is 1. The van der Waals surface area contributed by atoms with E-state index >= 15 is 0 Å². The molecule has 140 valence electrons. The molecule has 0 aliphatic carbocycles. The van der Waals surface area contributed by atoms with Crippen LogP contribution in [0.15, 0.2) is 65.7 Å². The number of nitrogens with zero attached hydrogens (tertiary/aromatic N) is 3. The van der Waals surface area contributed by atoms with Gasteiger partial charge in [-0.25, -0.2) is 13.9 Å². The highest BCUT2D eigenvalue weighted by atomic mass is 19.1. The van der Waals surface area contributed by atoms with Gasteiger partial charge in [-0.05, 0) is 29.8 Å². The standard InChI is InChI=1S/C20H16FN5O2/c21-15-3-1-13(2-4-15)9-19(27)23-12-16-10-20(28)26-18(24-16)11-17(25-26)14-5-7-22-8-6-14/h1-8,10-11,25H,9,12H2,(H,23,27). The summed E-state index contributed by atoms with van der Waals surface area (Å²) in [5.41, 5.74) is 2.97. The van der Waals surface area contributed by atoms with E-state index in [-0.39, 0.29) is 30.2 Å². The van der Waals surface area contributed by atoms with Crippen LogP contribution < -0.4 is 10.9 Å². The predicted molar refractivity (Wildman–Crippen MR) is 101 cm³/mol. The molecule has 0 fully saturated rings. The van der Waals surface area contributed by atoms with Crippen molar-refractivity contribution in [2.75, 3.05) is 0 Å². The van der Waals surface area contributed by atoms with Gasteiger partial charge in [-0.15, -0.1) is 0 Å². The summed E-state index contributed by atoms with van der Waals surface area (Å²) in [7, 11) is 0. The Morgan fingerprint density at radius 2 is 1.86 bits per heavy atom. The lowest BCUT2D eigenvalue weighted by Gasteiger charge is -2.05. The van der Waals surface area contributed by atoms with Gasteiger partial charge in [0.15, 0.2) is 5.65 Å². The van der Waals surface area contributed by atoms with Crippen molar-refractivity contribution in [2.24, 2.45) is 0 Å². The number of amides is 1. The van der Waals surface area contributed by atoms with Crippen molar-refractivity contribution in [3.63, 3.8) is 0 Å². The first-order valence-corrected chi connectivity index (χ1v) is 8.62. The second-order valence-corrected chi connectivity index (χ2v) is 6.27. The molecule has 0 spiro atoms. The Labute approximate surface area is 158 Å². The number of hydrogen-bond acceptors (Lipinski definition) is 4. The number of H-pyrrole nitrogens is 1. The maximum absolute atomic E-state index is 12.9. The number of aromatic amines is 1. The highest BCUT2D eigenvalue weighted by Crippen LogP contribution is 2.17. The number of fused-ring (bicyclic) bond motifs is 1. The Kier molecular flexibility index (Phi) is 4.67. The van der Waals surface area contributed by atoms with Gasteiger partial charge in [0, 0.05) is 30.1 Å². The van der Waals surface area contributed by atoms with Gasteiger partial charge < -0.3 is 5.32 Å². The zero-order valence-electron chi connectivity index (χ0n) is 14.7. The van der Waals surface area contributed by atoms with Crippen LogP contribution in [0.4, 0.5) is 4.39 Å². The Balaban J connectivity index is 1.49. The first-order valence-electron chi connectivity index (χ1n) is 8.62. The van der Waals surface area contributed by atoms with E-state index in [4.69, 9.17) is 0 Å². The van der Waals surface area contributed by atoms with E-state index in [1.807, 2.05) is 12.1 Å². The van der Waals surface area contributed by atoms with Crippen LogP contribution in [0.1, 0.15) is 11.3 Å². The number of pyridine rings is 1. The van der Waals surface area contributed by atoms with E-state index in [0.717, 1.165) is 11.3 Å². The van der Waals surface area contributed by atoms with Crippen LogP contribution >= 0.6 is 0 Å². The van der Waals surface area contributed by atoms with Crippen LogP contribution in [-0.4, -0.2) is 25.5 Å². The molecule has 7 nitrogen and oxygen atoms in total. The molecule has 2 N–H and O–H groups in total. The minimum Gasteiger partial charge on any atom is -0.350 e. The molecule has 1 amide bonds. The average Bonchev–Trinajstić information content (AvgIpc) is 3.14. The zero-order chi connectivity index (χ0) is 19.5. The molecule has 0 saturated carbocycles. The lowest BCUT2D eigenvalue weighted by Crippen LogP contribution is -2.26. The highest BCUT2D eigenvalue weighted by molar-refractivity contribution is 5.78. The number of carbonyl (C=O) groups is 1. The summed E-state index contributed by atoms with van der Waals surface area (Å²) in [4.78, 5) is 32.8. The fourth-order valence-corrected chi connectivity index (χ4v) is 2.85. The molecule has 3 heterocycles. The van der Waals surface area contributed by atoms with Crippen molar-refractivity contribution in [1.29, 1.82) is 0 Å². The molecule has 0 radical (unpaired) electrons. The summed E-state index contributed by atoms with van der Waals surface area (Å²) in [6, 6.07) is 12.5. The fourth-order valence-electron chi connectivity index (χ4n) is 2.85. The van der Waals surface area contributed by atoms with Crippen LogP contribution in [0.2, 0.25) is 0 Å². The van der Waals surface area contributed by atoms with E-state index in [0.29, 0.717) is 16.9 Å². The normalized spacial score (nSPS) is 10.9. The Bertz CT molecular complexity index is 1180. The second kappa shape index (κ2) is 7.43. The maximum Gasteiger partial charge on any atom is 0.272 e. The van der Waals surface area contributed by atoms with Crippen molar-refractivity contribution in [3.8, 4) is 11.3 Å². The van der Waals surface area contributed by atoms with Crippen LogP contribution in [0.5, 0.6) is 0 Å². The topological polar surface area (TPSA) is 92.2 Å². The SMILES string of the molecule is O=C(Cc1ccc(F)cc1)NCc1cc(=O)n2[nH]c(-c3ccncc3)cc2n1. The van der Waals surface area contributed by atoms with E-state index in [9.17, 15) is 14.0 Å². The first kappa shape index (κ1) is 17.6. The number of carbonyl (C=O) groups excluding carboxylic acids is 1. The van der Waals surface area contributed by atoms with Crippen molar-refractivity contribution in [3.05, 3.63) is 88.4 Å². The van der Waals surface area contributed by atoms with Gasteiger partial charge in [-0.2, -0.15) is 0 Å². The van der Waals surface area contributed by atoms with Gasteiger partial charge in [0.2, 0.25) is 5.91 Å². The van der Waals surface area contributed by atoms with Crippen molar-refractivity contribution in [1.82, 2.24) is 24.9 Å². The smallest absolute Gasteiger partial charge is 0.272 e. The Morgan fingerprint density at radius 3 is 2.61 bits per heavy atom. The van der Waals surface area contributed by atoms with Crippen molar-refractivity contribution >= 4 is 11.6 Å². The molecule has 0 aliphatic rings. The number of rotatable bonds is 5. The largest absolute Gasteiger partial charge is 0.350 e. The molecule has 4 rings (SSSR count). The van der Waals surface area contributed by atoms with Gasteiger partial charge in [0.25, 0.3) is 5.56 Å². The highest BCUT2D eigenvalue weighted by Gasteiger charge is 2.09. The molecule has 28 heavy (non-hydrogen) atoms. The molecule has 0 unspecified atom stereocenters. The maximum atomic E-state index is 12.9. The third-order valence-corrected chi connectivity index (χ3v) is 4.24. The molecule has 0 saturated heterocycles. The molecule has 0 atom stereocenters. The third-order valence-electron chi connectivity index (χ3n) is 4.24. The summed E-state index contributed by atoms with van der Waals surface area (Å²) in [5.74, 6) is -0.583. The number of aromatic nitrogens is 4. The van der Waals surface area contributed by atoms with Crippen molar-refractivity contribution < 1.29 is 9.18 Å². The number of nitrogens with one attached hydrogen (secondary N) is 2. The molecule has 8 heteroatoms. The average molecular weight is 377 g/mol. The summed E-state index contributed by atoms with van der Waals surface area (Å²) >= 11 is 0. The van der Waals surface area contributed by atoms with E-state index in [1.165, 1.54) is 22.7 Å². The minimum absolute atomic E-state index is 0.123. The Morgan fingerprint density at radius 1 is 1.11 bits per heavy atom. The molecule has 1 aromatic carbocycles. The van der Waals surface area contributed by atoms with Crippen LogP contribution in [-0.2, 0) is 17.8 Å². The molecular weight excluding hydrogens is 361 g/mol. The molecule has 0 bridgehead atoms. The van der Waals surface area contributed by atoms with Gasteiger partial charge in [0.05, 0.1) is 24.4 Å². The van der Waals surface area contributed by atoms with Crippen molar-refractivity contribution in [2.45, 2.75) is 13.0 Å². The quantitative estimate of drug-likeness (QED) is 0.557. The van der Waals surface area contributed by atoms with Crippen LogP contribution in [0.25, 0.3) is 16.9 Å². The number of hydrogen-bond donors (Lipinski definition) is 2. The van der Waals surface area contributed by atoms with Crippen LogP contribution in [0, 0.1) is 5.82 Å². The van der Waals surface area contributed by atoms with Gasteiger partial charge in [0.1, 0.15) is 5.82 Å². The molecule has 4 aromatic rings. The lowest BCUT2D eigenvalue weighted by atomic mass is 10.1. The van der Waals surface area contributed by atoms with Gasteiger partial charge in [-0.3, -0.25) is 19.7 Å². The molecule has 0 aliphatic heterocycles. The van der Waals surface area contributed by atoms with E-state index in [2.05, 4.69) is 20.4 Å². The lowest BCUT2D eigenvalue weighted by molar-refractivity contribution is -0.120. The zero-order valence-corrected chi connectivity index (χ0v) is 14.7. The summed E-state index contributed by atoms with van der Waals surface area (Å²) in [5, 5.41) is 5.74. The molecular formula is C20H16FN5O2.